The summed E-state index contributed by atoms with van der Waals surface area (Å²) < 4.78 is 28.3. The van der Waals surface area contributed by atoms with Crippen molar-refractivity contribution < 1.29 is 22.8 Å². The topological polar surface area (TPSA) is 107 Å². The van der Waals surface area contributed by atoms with Crippen molar-refractivity contribution in [3.05, 3.63) is 64.7 Å². The molecule has 0 aromatic heterocycles. The predicted octanol–water partition coefficient (Wildman–Crippen LogP) is 1.60. The SMILES string of the molecule is CCN(CC)S(=O)(=O)N1CCN(CC(=O)Nc2cccc3c2C(=O)c2ccccc2C3=O)CC1. The van der Waals surface area contributed by atoms with E-state index in [1.165, 1.54) is 8.61 Å². The van der Waals surface area contributed by atoms with Gasteiger partial charge >= 0.3 is 0 Å². The van der Waals surface area contributed by atoms with Crippen LogP contribution in [0.5, 0.6) is 0 Å². The molecule has 0 unspecified atom stereocenters. The van der Waals surface area contributed by atoms with E-state index < -0.39 is 10.2 Å². The van der Waals surface area contributed by atoms with Crippen molar-refractivity contribution in [1.82, 2.24) is 13.5 Å². The summed E-state index contributed by atoms with van der Waals surface area (Å²) in [5.74, 6) is -0.865. The third-order valence-electron chi connectivity index (χ3n) is 6.28. The zero-order chi connectivity index (χ0) is 24.5. The van der Waals surface area contributed by atoms with E-state index in [0.29, 0.717) is 56.1 Å². The minimum Gasteiger partial charge on any atom is -0.324 e. The molecule has 0 saturated carbocycles. The minimum atomic E-state index is -3.50. The summed E-state index contributed by atoms with van der Waals surface area (Å²) in [7, 11) is -3.50. The standard InChI is InChI=1S/C24H28N4O5S/c1-3-27(4-2)34(32,33)28-14-12-26(13-15-28)16-21(29)25-20-11-7-10-19-22(20)24(31)18-9-6-5-8-17(18)23(19)30/h5-11H,3-4,12-16H2,1-2H3,(H,25,29). The summed E-state index contributed by atoms with van der Waals surface area (Å²) in [6.45, 7) is 5.94. The molecule has 0 radical (unpaired) electrons. The van der Waals surface area contributed by atoms with Crippen LogP contribution in [-0.4, -0.2) is 85.2 Å². The molecule has 4 rings (SSSR count). The minimum absolute atomic E-state index is 0.0571. The van der Waals surface area contributed by atoms with Gasteiger partial charge in [-0.05, 0) is 6.07 Å². The summed E-state index contributed by atoms with van der Waals surface area (Å²) >= 11 is 0. The molecule has 1 aliphatic carbocycles. The molecule has 2 aromatic carbocycles. The van der Waals surface area contributed by atoms with Crippen LogP contribution in [0.2, 0.25) is 0 Å². The van der Waals surface area contributed by atoms with E-state index in [2.05, 4.69) is 5.32 Å². The fourth-order valence-corrected chi connectivity index (χ4v) is 6.08. The molecule has 2 aromatic rings. The maximum absolute atomic E-state index is 13.1. The van der Waals surface area contributed by atoms with Gasteiger partial charge in [0, 0.05) is 56.0 Å². The van der Waals surface area contributed by atoms with Gasteiger partial charge in [0.1, 0.15) is 0 Å². The van der Waals surface area contributed by atoms with Gasteiger partial charge in [-0.3, -0.25) is 19.3 Å². The second kappa shape index (κ2) is 9.75. The normalized spacial score (nSPS) is 16.9. The lowest BCUT2D eigenvalue weighted by Gasteiger charge is -2.36. The number of benzene rings is 2. The van der Waals surface area contributed by atoms with E-state index in [-0.39, 0.29) is 35.1 Å². The molecule has 1 fully saturated rings. The van der Waals surface area contributed by atoms with E-state index >= 15 is 0 Å². The molecule has 0 bridgehead atoms. The lowest BCUT2D eigenvalue weighted by molar-refractivity contribution is -0.117. The average Bonchev–Trinajstić information content (AvgIpc) is 2.83. The van der Waals surface area contributed by atoms with Crippen LogP contribution < -0.4 is 5.32 Å². The Balaban J connectivity index is 1.43. The van der Waals surface area contributed by atoms with Crippen LogP contribution in [0, 0.1) is 0 Å². The average molecular weight is 485 g/mol. The van der Waals surface area contributed by atoms with Gasteiger partial charge in [-0.15, -0.1) is 0 Å². The van der Waals surface area contributed by atoms with Gasteiger partial charge in [0.05, 0.1) is 17.8 Å². The summed E-state index contributed by atoms with van der Waals surface area (Å²) in [5.41, 5.74) is 1.47. The number of hydrogen-bond acceptors (Lipinski definition) is 6. The molecule has 1 N–H and O–H groups in total. The molecular weight excluding hydrogens is 456 g/mol. The molecule has 180 valence electrons. The Labute approximate surface area is 199 Å². The number of ketones is 2. The summed E-state index contributed by atoms with van der Waals surface area (Å²) in [6.07, 6.45) is 0. The van der Waals surface area contributed by atoms with E-state index in [0.717, 1.165) is 0 Å². The number of carbonyl (C=O) groups is 3. The van der Waals surface area contributed by atoms with Crippen LogP contribution in [0.15, 0.2) is 42.5 Å². The quantitative estimate of drug-likeness (QED) is 0.546. The first-order chi connectivity index (χ1) is 16.3. The first kappa shape index (κ1) is 24.2. The zero-order valence-electron chi connectivity index (χ0n) is 19.3. The van der Waals surface area contributed by atoms with Crippen molar-refractivity contribution in [2.45, 2.75) is 13.8 Å². The summed E-state index contributed by atoms with van der Waals surface area (Å²) in [5, 5.41) is 2.78. The van der Waals surface area contributed by atoms with Crippen molar-refractivity contribution in [2.75, 3.05) is 51.1 Å². The van der Waals surface area contributed by atoms with Crippen LogP contribution >= 0.6 is 0 Å². The van der Waals surface area contributed by atoms with E-state index in [1.54, 1.807) is 56.3 Å². The fourth-order valence-electron chi connectivity index (χ4n) is 4.47. The van der Waals surface area contributed by atoms with Crippen molar-refractivity contribution >= 4 is 33.4 Å². The van der Waals surface area contributed by atoms with Gasteiger partial charge in [0.2, 0.25) is 5.91 Å². The Kier molecular flexibility index (Phi) is 6.94. The third-order valence-corrected chi connectivity index (χ3v) is 8.47. The summed E-state index contributed by atoms with van der Waals surface area (Å²) in [6, 6.07) is 11.5. The van der Waals surface area contributed by atoms with Crippen molar-refractivity contribution in [3.63, 3.8) is 0 Å². The molecule has 0 spiro atoms. The largest absolute Gasteiger partial charge is 0.324 e. The number of nitrogens with one attached hydrogen (secondary N) is 1. The Morgan fingerprint density at radius 3 is 2.09 bits per heavy atom. The van der Waals surface area contributed by atoms with Crippen LogP contribution in [0.25, 0.3) is 0 Å². The van der Waals surface area contributed by atoms with Gasteiger partial charge in [-0.25, -0.2) is 0 Å². The Morgan fingerprint density at radius 1 is 0.882 bits per heavy atom. The molecule has 10 heteroatoms. The monoisotopic (exact) mass is 484 g/mol. The number of nitrogens with zero attached hydrogens (tertiary/aromatic N) is 3. The number of hydrogen-bond donors (Lipinski definition) is 1. The van der Waals surface area contributed by atoms with Crippen molar-refractivity contribution in [1.29, 1.82) is 0 Å². The highest BCUT2D eigenvalue weighted by molar-refractivity contribution is 7.86. The van der Waals surface area contributed by atoms with E-state index in [9.17, 15) is 22.8 Å². The maximum atomic E-state index is 13.1. The molecule has 1 amide bonds. The third kappa shape index (κ3) is 4.41. The molecule has 0 atom stereocenters. The maximum Gasteiger partial charge on any atom is 0.282 e. The highest BCUT2D eigenvalue weighted by atomic mass is 32.2. The van der Waals surface area contributed by atoms with Crippen molar-refractivity contribution in [2.24, 2.45) is 0 Å². The highest BCUT2D eigenvalue weighted by Crippen LogP contribution is 2.31. The van der Waals surface area contributed by atoms with Crippen molar-refractivity contribution in [3.8, 4) is 0 Å². The predicted molar refractivity (Wildman–Crippen MR) is 128 cm³/mol. The molecule has 1 heterocycles. The lowest BCUT2D eigenvalue weighted by atomic mass is 9.83. The first-order valence-corrected chi connectivity index (χ1v) is 12.8. The first-order valence-electron chi connectivity index (χ1n) is 11.4. The second-order valence-electron chi connectivity index (χ2n) is 8.25. The molecule has 2 aliphatic rings. The Hall–Kier alpha value is -2.92. The van der Waals surface area contributed by atoms with Crippen LogP contribution in [0.3, 0.4) is 0 Å². The van der Waals surface area contributed by atoms with Crippen LogP contribution in [0.1, 0.15) is 45.7 Å². The summed E-state index contributed by atoms with van der Waals surface area (Å²) in [4.78, 5) is 40.6. The number of fused-ring (bicyclic) bond motifs is 2. The van der Waals surface area contributed by atoms with Gasteiger partial charge < -0.3 is 5.32 Å². The fraction of sp³-hybridized carbons (Fsp3) is 0.375. The molecule has 1 saturated heterocycles. The molecule has 1 aliphatic heterocycles. The van der Waals surface area contributed by atoms with Crippen LogP contribution in [-0.2, 0) is 15.0 Å². The molecule has 9 nitrogen and oxygen atoms in total. The number of amides is 1. The van der Waals surface area contributed by atoms with Gasteiger partial charge in [0.25, 0.3) is 10.2 Å². The highest BCUT2D eigenvalue weighted by Gasteiger charge is 2.33. The van der Waals surface area contributed by atoms with E-state index in [4.69, 9.17) is 0 Å². The second-order valence-corrected chi connectivity index (χ2v) is 10.2. The smallest absolute Gasteiger partial charge is 0.282 e. The number of piperazine rings is 1. The van der Waals surface area contributed by atoms with Crippen LogP contribution in [0.4, 0.5) is 5.69 Å². The number of anilines is 1. The van der Waals surface area contributed by atoms with Gasteiger partial charge in [-0.2, -0.15) is 17.0 Å². The number of rotatable bonds is 7. The van der Waals surface area contributed by atoms with Gasteiger partial charge in [0.15, 0.2) is 11.6 Å². The number of carbonyl (C=O) groups excluding carboxylic acids is 3. The Bertz CT molecular complexity index is 1230. The molecular formula is C24H28N4O5S. The lowest BCUT2D eigenvalue weighted by Crippen LogP contribution is -2.54. The van der Waals surface area contributed by atoms with E-state index in [1.807, 2.05) is 4.90 Å². The Morgan fingerprint density at radius 2 is 1.47 bits per heavy atom. The molecule has 34 heavy (non-hydrogen) atoms. The van der Waals surface area contributed by atoms with Gasteiger partial charge in [-0.1, -0.05) is 50.2 Å². The zero-order valence-corrected chi connectivity index (χ0v) is 20.1.